The van der Waals surface area contributed by atoms with Gasteiger partial charge in [-0.15, -0.1) is 0 Å². The summed E-state index contributed by atoms with van der Waals surface area (Å²) in [7, 11) is 0. The third kappa shape index (κ3) is 2.65. The Morgan fingerprint density at radius 2 is 1.48 bits per heavy atom. The average molecular weight is 385 g/mol. The van der Waals surface area contributed by atoms with Crippen molar-refractivity contribution in [1.82, 2.24) is 0 Å². The van der Waals surface area contributed by atoms with E-state index in [1.807, 2.05) is 0 Å². The number of benzene rings is 2. The fourth-order valence-corrected chi connectivity index (χ4v) is 4.01. The van der Waals surface area contributed by atoms with Gasteiger partial charge in [-0.3, -0.25) is 14.4 Å². The number of rotatable bonds is 3. The van der Waals surface area contributed by atoms with Gasteiger partial charge in [0.25, 0.3) is 5.79 Å². The highest BCUT2D eigenvalue weighted by Gasteiger charge is 2.81. The summed E-state index contributed by atoms with van der Waals surface area (Å²) in [5.41, 5.74) is -0.554. The number of ketones is 1. The summed E-state index contributed by atoms with van der Waals surface area (Å²) in [6.07, 6.45) is 0. The number of carbonyl (C=O) groups excluding carboxylic acids is 3. The molecule has 2 aromatic carbocycles. The van der Waals surface area contributed by atoms with Crippen molar-refractivity contribution < 1.29 is 23.9 Å². The van der Waals surface area contributed by atoms with E-state index in [9.17, 15) is 14.4 Å². The molecule has 27 heavy (non-hydrogen) atoms. The van der Waals surface area contributed by atoms with E-state index < -0.39 is 35.0 Å². The minimum Gasteiger partial charge on any atom is -0.422 e. The molecule has 1 saturated carbocycles. The number of Topliss-reactive ketones (excluding diaryl/α,β-unsaturated/α-hetero) is 1. The summed E-state index contributed by atoms with van der Waals surface area (Å²) in [6, 6.07) is 15.4. The van der Waals surface area contributed by atoms with Crippen LogP contribution in [0.25, 0.3) is 0 Å². The van der Waals surface area contributed by atoms with Gasteiger partial charge in [-0.25, -0.2) is 0 Å². The molecule has 2 aromatic rings. The van der Waals surface area contributed by atoms with Crippen molar-refractivity contribution in [1.29, 1.82) is 0 Å². The standard InChI is InChI=1S/C21H17ClO5/c1-20(2)26-18(24)21(19(25)27-20)15(12-8-10-14(22)11-9-12)16(21)17(23)13-6-4-3-5-7-13/h3-11,15-16H,1-2H3/t15-,16-/m0/s1. The summed E-state index contributed by atoms with van der Waals surface area (Å²) in [4.78, 5) is 38.9. The molecule has 1 heterocycles. The lowest BCUT2D eigenvalue weighted by molar-refractivity contribution is -0.243. The maximum atomic E-state index is 13.1. The minimum absolute atomic E-state index is 0.288. The van der Waals surface area contributed by atoms with E-state index in [1.54, 1.807) is 54.6 Å². The monoisotopic (exact) mass is 384 g/mol. The van der Waals surface area contributed by atoms with Gasteiger partial charge in [-0.1, -0.05) is 54.1 Å². The van der Waals surface area contributed by atoms with Gasteiger partial charge in [0.05, 0.1) is 5.92 Å². The van der Waals surface area contributed by atoms with Crippen LogP contribution in [-0.2, 0) is 19.1 Å². The highest BCUT2D eigenvalue weighted by atomic mass is 35.5. The molecule has 6 heteroatoms. The van der Waals surface area contributed by atoms with Crippen molar-refractivity contribution in [3.05, 3.63) is 70.7 Å². The smallest absolute Gasteiger partial charge is 0.328 e. The predicted molar refractivity (Wildman–Crippen MR) is 97.2 cm³/mol. The van der Waals surface area contributed by atoms with Gasteiger partial charge in [-0.2, -0.15) is 0 Å². The number of esters is 2. The first-order valence-corrected chi connectivity index (χ1v) is 8.97. The Bertz CT molecular complexity index is 913. The Kier molecular flexibility index (Phi) is 3.89. The number of hydrogen-bond donors (Lipinski definition) is 0. The first-order chi connectivity index (χ1) is 12.8. The van der Waals surface area contributed by atoms with E-state index >= 15 is 0 Å². The lowest BCUT2D eigenvalue weighted by Gasteiger charge is -2.34. The highest BCUT2D eigenvalue weighted by molar-refractivity contribution is 6.30. The zero-order chi connectivity index (χ0) is 19.4. The van der Waals surface area contributed by atoms with Crippen LogP contribution in [0.2, 0.25) is 5.02 Å². The van der Waals surface area contributed by atoms with Gasteiger partial charge in [-0.05, 0) is 17.7 Å². The molecule has 1 aliphatic carbocycles. The molecule has 2 aliphatic rings. The normalized spacial score (nSPS) is 24.9. The predicted octanol–water partition coefficient (Wildman–Crippen LogP) is 3.76. The SMILES string of the molecule is CC1(C)OC(=O)C2(C(=O)O1)[C@H](C(=O)c1ccccc1)[C@@H]2c1ccc(Cl)cc1. The molecule has 0 radical (unpaired) electrons. The van der Waals surface area contributed by atoms with Crippen LogP contribution < -0.4 is 0 Å². The summed E-state index contributed by atoms with van der Waals surface area (Å²) >= 11 is 5.95. The molecule has 0 amide bonds. The lowest BCUT2D eigenvalue weighted by Crippen LogP contribution is -2.49. The molecular formula is C21H17ClO5. The number of carbonyl (C=O) groups is 3. The van der Waals surface area contributed by atoms with Crippen LogP contribution in [0.1, 0.15) is 35.7 Å². The molecule has 5 nitrogen and oxygen atoms in total. The fraction of sp³-hybridized carbons (Fsp3) is 0.286. The molecular weight excluding hydrogens is 368 g/mol. The van der Waals surface area contributed by atoms with Crippen LogP contribution in [0.3, 0.4) is 0 Å². The molecule has 0 bridgehead atoms. The lowest BCUT2D eigenvalue weighted by atomic mass is 9.95. The first kappa shape index (κ1) is 17.7. The largest absolute Gasteiger partial charge is 0.422 e. The summed E-state index contributed by atoms with van der Waals surface area (Å²) in [5, 5.41) is 0.523. The molecule has 1 saturated heterocycles. The Morgan fingerprint density at radius 3 is 2.04 bits per heavy atom. The Morgan fingerprint density at radius 1 is 0.926 bits per heavy atom. The maximum absolute atomic E-state index is 13.1. The molecule has 4 rings (SSSR count). The topological polar surface area (TPSA) is 69.7 Å². The van der Waals surface area contributed by atoms with Gasteiger partial charge < -0.3 is 9.47 Å². The minimum atomic E-state index is -1.66. The molecule has 138 valence electrons. The van der Waals surface area contributed by atoms with Crippen LogP contribution in [0.5, 0.6) is 0 Å². The van der Waals surface area contributed by atoms with Crippen molar-refractivity contribution >= 4 is 29.3 Å². The zero-order valence-electron chi connectivity index (χ0n) is 14.8. The summed E-state index contributed by atoms with van der Waals surface area (Å²) in [6.45, 7) is 2.98. The second kappa shape index (κ2) is 5.92. The molecule has 2 fully saturated rings. The van der Waals surface area contributed by atoms with Crippen LogP contribution in [0.4, 0.5) is 0 Å². The van der Waals surface area contributed by atoms with Gasteiger partial charge in [0, 0.05) is 30.4 Å². The van der Waals surface area contributed by atoms with Gasteiger partial charge >= 0.3 is 11.9 Å². The average Bonchev–Trinajstić information content (AvgIpc) is 3.32. The van der Waals surface area contributed by atoms with Crippen LogP contribution in [0, 0.1) is 11.3 Å². The zero-order valence-corrected chi connectivity index (χ0v) is 15.5. The van der Waals surface area contributed by atoms with Gasteiger partial charge in [0.15, 0.2) is 11.2 Å². The van der Waals surface area contributed by atoms with Crippen LogP contribution in [-0.4, -0.2) is 23.5 Å². The number of hydrogen-bond acceptors (Lipinski definition) is 5. The van der Waals surface area contributed by atoms with Gasteiger partial charge in [0.1, 0.15) is 0 Å². The van der Waals surface area contributed by atoms with E-state index in [0.29, 0.717) is 16.1 Å². The van der Waals surface area contributed by atoms with Crippen LogP contribution in [0.15, 0.2) is 54.6 Å². The highest BCUT2D eigenvalue weighted by Crippen LogP contribution is 2.68. The molecule has 0 unspecified atom stereocenters. The second-order valence-corrected chi connectivity index (χ2v) is 7.72. The van der Waals surface area contributed by atoms with E-state index in [-0.39, 0.29) is 5.78 Å². The quantitative estimate of drug-likeness (QED) is 0.458. The molecule has 2 atom stereocenters. The Labute approximate surface area is 161 Å². The maximum Gasteiger partial charge on any atom is 0.328 e. The first-order valence-electron chi connectivity index (χ1n) is 8.59. The van der Waals surface area contributed by atoms with Crippen molar-refractivity contribution in [3.8, 4) is 0 Å². The van der Waals surface area contributed by atoms with Crippen molar-refractivity contribution in [2.24, 2.45) is 11.3 Å². The molecule has 1 spiro atoms. The Balaban J connectivity index is 1.80. The van der Waals surface area contributed by atoms with Gasteiger partial charge in [0.2, 0.25) is 0 Å². The van der Waals surface area contributed by atoms with Crippen LogP contribution >= 0.6 is 11.6 Å². The number of halogens is 1. The van der Waals surface area contributed by atoms with E-state index in [1.165, 1.54) is 13.8 Å². The number of cyclic esters (lactones) is 2. The van der Waals surface area contributed by atoms with Crippen molar-refractivity contribution in [2.45, 2.75) is 25.6 Å². The van der Waals surface area contributed by atoms with E-state index in [2.05, 4.69) is 0 Å². The molecule has 1 aliphatic heterocycles. The van der Waals surface area contributed by atoms with Crippen molar-refractivity contribution in [2.75, 3.05) is 0 Å². The number of ether oxygens (including phenoxy) is 2. The van der Waals surface area contributed by atoms with E-state index in [4.69, 9.17) is 21.1 Å². The van der Waals surface area contributed by atoms with Crippen molar-refractivity contribution in [3.63, 3.8) is 0 Å². The third-order valence-corrected chi connectivity index (χ3v) is 5.38. The second-order valence-electron chi connectivity index (χ2n) is 7.29. The summed E-state index contributed by atoms with van der Waals surface area (Å²) in [5.74, 6) is -4.62. The molecule has 0 aromatic heterocycles. The fourth-order valence-electron chi connectivity index (χ4n) is 3.88. The van der Waals surface area contributed by atoms with E-state index in [0.717, 1.165) is 0 Å². The Hall–Kier alpha value is -2.66. The third-order valence-electron chi connectivity index (χ3n) is 5.13. The summed E-state index contributed by atoms with van der Waals surface area (Å²) < 4.78 is 10.7. The molecule has 0 N–H and O–H groups in total.